The molecule has 0 atom stereocenters. The van der Waals surface area contributed by atoms with Crippen molar-refractivity contribution in [2.45, 2.75) is 6.92 Å². The largest absolute Gasteiger partial charge is 0.332 e. The molecule has 0 spiro atoms. The van der Waals surface area contributed by atoms with E-state index < -0.39 is 0 Å². The highest BCUT2D eigenvalue weighted by Crippen LogP contribution is 2.35. The minimum atomic E-state index is -0.261. The monoisotopic (exact) mass is 437 g/mol. The van der Waals surface area contributed by atoms with Gasteiger partial charge in [-0.2, -0.15) is 0 Å². The van der Waals surface area contributed by atoms with Crippen LogP contribution in [-0.4, -0.2) is 16.0 Å². The molecule has 4 aromatic rings. The van der Waals surface area contributed by atoms with Gasteiger partial charge in [0.05, 0.1) is 15.2 Å². The first-order valence-electron chi connectivity index (χ1n) is 8.84. The standard InChI is InChI=1S/C22H16ClN3OS2/c1-13-5-4-6-14(11-13)20(27)26-22(28)24-15-9-10-16(17(23)12-15)21-25-18-7-2-3-8-19(18)29-21/h2-12H,1H3,(H2,24,26,27,28). The average molecular weight is 438 g/mol. The summed E-state index contributed by atoms with van der Waals surface area (Å²) in [6.45, 7) is 1.93. The molecule has 1 amide bonds. The summed E-state index contributed by atoms with van der Waals surface area (Å²) < 4.78 is 1.11. The van der Waals surface area contributed by atoms with Gasteiger partial charge in [0.2, 0.25) is 0 Å². The van der Waals surface area contributed by atoms with E-state index in [0.717, 1.165) is 26.4 Å². The molecule has 0 bridgehead atoms. The van der Waals surface area contributed by atoms with Crippen molar-refractivity contribution in [3.63, 3.8) is 0 Å². The molecule has 1 heterocycles. The second-order valence-electron chi connectivity index (χ2n) is 6.46. The smallest absolute Gasteiger partial charge is 0.257 e. The summed E-state index contributed by atoms with van der Waals surface area (Å²) in [5.41, 5.74) is 4.06. The molecule has 1 aromatic heterocycles. The fourth-order valence-electron chi connectivity index (χ4n) is 2.88. The molecule has 0 unspecified atom stereocenters. The number of anilines is 1. The maximum Gasteiger partial charge on any atom is 0.257 e. The van der Waals surface area contributed by atoms with Crippen LogP contribution in [0.1, 0.15) is 15.9 Å². The van der Waals surface area contributed by atoms with E-state index in [4.69, 9.17) is 23.8 Å². The predicted octanol–water partition coefficient (Wildman–Crippen LogP) is 6.05. The van der Waals surface area contributed by atoms with Gasteiger partial charge in [-0.15, -0.1) is 11.3 Å². The highest BCUT2D eigenvalue weighted by atomic mass is 35.5. The van der Waals surface area contributed by atoms with E-state index in [1.807, 2.05) is 61.5 Å². The van der Waals surface area contributed by atoms with Crippen LogP contribution in [-0.2, 0) is 0 Å². The quantitative estimate of drug-likeness (QED) is 0.383. The van der Waals surface area contributed by atoms with Crippen molar-refractivity contribution in [2.24, 2.45) is 0 Å². The van der Waals surface area contributed by atoms with Crippen LogP contribution in [0.15, 0.2) is 66.7 Å². The Bertz CT molecular complexity index is 1200. The Morgan fingerprint density at radius 3 is 2.66 bits per heavy atom. The number of halogens is 1. The number of thiocarbonyl (C=S) groups is 1. The highest BCUT2D eigenvalue weighted by molar-refractivity contribution is 7.80. The van der Waals surface area contributed by atoms with Crippen molar-refractivity contribution in [2.75, 3.05) is 5.32 Å². The molecule has 0 aliphatic rings. The third kappa shape index (κ3) is 4.45. The van der Waals surface area contributed by atoms with E-state index in [1.54, 1.807) is 23.5 Å². The van der Waals surface area contributed by atoms with Gasteiger partial charge >= 0.3 is 0 Å². The van der Waals surface area contributed by atoms with Gasteiger partial charge < -0.3 is 5.32 Å². The number of aromatic nitrogens is 1. The molecule has 0 radical (unpaired) electrons. The first-order chi connectivity index (χ1) is 14.0. The molecule has 2 N–H and O–H groups in total. The number of amides is 1. The van der Waals surface area contributed by atoms with Gasteiger partial charge in [0, 0.05) is 16.8 Å². The van der Waals surface area contributed by atoms with Crippen LogP contribution in [0.4, 0.5) is 5.69 Å². The maximum atomic E-state index is 12.3. The number of hydrogen-bond donors (Lipinski definition) is 2. The Hall–Kier alpha value is -2.80. The van der Waals surface area contributed by atoms with Gasteiger partial charge in [0.15, 0.2) is 5.11 Å². The molecule has 0 aliphatic heterocycles. The fraction of sp³-hybridized carbons (Fsp3) is 0.0455. The van der Waals surface area contributed by atoms with E-state index >= 15 is 0 Å². The zero-order valence-electron chi connectivity index (χ0n) is 15.4. The van der Waals surface area contributed by atoms with Crippen molar-refractivity contribution in [3.8, 4) is 10.6 Å². The van der Waals surface area contributed by atoms with Gasteiger partial charge in [-0.05, 0) is 61.6 Å². The molecule has 0 saturated carbocycles. The van der Waals surface area contributed by atoms with Gasteiger partial charge in [0.25, 0.3) is 5.91 Å². The van der Waals surface area contributed by atoms with Crippen molar-refractivity contribution >= 4 is 62.1 Å². The van der Waals surface area contributed by atoms with Crippen LogP contribution < -0.4 is 10.6 Å². The van der Waals surface area contributed by atoms with Crippen LogP contribution >= 0.6 is 35.2 Å². The number of carbonyl (C=O) groups excluding carboxylic acids is 1. The number of hydrogen-bond acceptors (Lipinski definition) is 4. The van der Waals surface area contributed by atoms with Gasteiger partial charge in [-0.3, -0.25) is 10.1 Å². The number of aryl methyl sites for hydroxylation is 1. The first-order valence-corrected chi connectivity index (χ1v) is 10.4. The van der Waals surface area contributed by atoms with E-state index in [-0.39, 0.29) is 11.0 Å². The molecular weight excluding hydrogens is 422 g/mol. The number of benzene rings is 3. The zero-order chi connectivity index (χ0) is 20.4. The third-order valence-electron chi connectivity index (χ3n) is 4.26. The summed E-state index contributed by atoms with van der Waals surface area (Å²) in [6.07, 6.45) is 0. The molecule has 4 nitrogen and oxygen atoms in total. The molecule has 0 fully saturated rings. The first kappa shape index (κ1) is 19.5. The average Bonchev–Trinajstić information content (AvgIpc) is 3.11. The lowest BCUT2D eigenvalue weighted by Gasteiger charge is -2.11. The topological polar surface area (TPSA) is 54.0 Å². The molecule has 7 heteroatoms. The Labute approximate surface area is 182 Å². The summed E-state index contributed by atoms with van der Waals surface area (Å²) in [5, 5.41) is 7.31. The summed E-state index contributed by atoms with van der Waals surface area (Å²) in [5.74, 6) is -0.261. The molecule has 3 aromatic carbocycles. The predicted molar refractivity (Wildman–Crippen MR) is 125 cm³/mol. The van der Waals surface area contributed by atoms with E-state index in [9.17, 15) is 4.79 Å². The normalized spacial score (nSPS) is 10.7. The van der Waals surface area contributed by atoms with Crippen LogP contribution in [0, 0.1) is 6.92 Å². The maximum absolute atomic E-state index is 12.3. The van der Waals surface area contributed by atoms with Crippen molar-refractivity contribution < 1.29 is 4.79 Å². The lowest BCUT2D eigenvalue weighted by molar-refractivity contribution is 0.0977. The Morgan fingerprint density at radius 1 is 1.07 bits per heavy atom. The van der Waals surface area contributed by atoms with Crippen LogP contribution in [0.2, 0.25) is 5.02 Å². The second-order valence-corrected chi connectivity index (χ2v) is 8.31. The number of carbonyl (C=O) groups is 1. The van der Waals surface area contributed by atoms with Crippen molar-refractivity contribution in [3.05, 3.63) is 82.9 Å². The Balaban J connectivity index is 1.47. The van der Waals surface area contributed by atoms with Gasteiger partial charge in [-0.1, -0.05) is 41.4 Å². The third-order valence-corrected chi connectivity index (χ3v) is 5.85. The van der Waals surface area contributed by atoms with Gasteiger partial charge in [-0.25, -0.2) is 4.98 Å². The summed E-state index contributed by atoms with van der Waals surface area (Å²) in [6, 6.07) is 20.8. The number of thiazole rings is 1. The van der Waals surface area contributed by atoms with Crippen LogP contribution in [0.5, 0.6) is 0 Å². The van der Waals surface area contributed by atoms with E-state index in [0.29, 0.717) is 16.3 Å². The minimum Gasteiger partial charge on any atom is -0.332 e. The number of para-hydroxylation sites is 1. The number of nitrogens with one attached hydrogen (secondary N) is 2. The SMILES string of the molecule is Cc1cccc(C(=O)NC(=S)Nc2ccc(-c3nc4ccccc4s3)c(Cl)c2)c1. The molecule has 0 aliphatic carbocycles. The second kappa shape index (κ2) is 8.29. The lowest BCUT2D eigenvalue weighted by Crippen LogP contribution is -2.34. The summed E-state index contributed by atoms with van der Waals surface area (Å²) >= 11 is 13.3. The van der Waals surface area contributed by atoms with E-state index in [2.05, 4.69) is 15.6 Å². The minimum absolute atomic E-state index is 0.209. The fourth-order valence-corrected chi connectivity index (χ4v) is 4.42. The molecule has 0 saturated heterocycles. The lowest BCUT2D eigenvalue weighted by atomic mass is 10.1. The molecular formula is C22H16ClN3OS2. The van der Waals surface area contributed by atoms with Gasteiger partial charge in [0.1, 0.15) is 5.01 Å². The van der Waals surface area contributed by atoms with Crippen LogP contribution in [0.25, 0.3) is 20.8 Å². The Kier molecular flexibility index (Phi) is 5.58. The Morgan fingerprint density at radius 2 is 1.90 bits per heavy atom. The number of rotatable bonds is 3. The number of fused-ring (bicyclic) bond motifs is 1. The summed E-state index contributed by atoms with van der Waals surface area (Å²) in [7, 11) is 0. The van der Waals surface area contributed by atoms with Crippen LogP contribution in [0.3, 0.4) is 0 Å². The van der Waals surface area contributed by atoms with Crippen molar-refractivity contribution in [1.82, 2.24) is 10.3 Å². The molecule has 29 heavy (non-hydrogen) atoms. The molecule has 144 valence electrons. The zero-order valence-corrected chi connectivity index (χ0v) is 17.8. The number of nitrogens with zero attached hydrogens (tertiary/aromatic N) is 1. The molecule has 4 rings (SSSR count). The highest BCUT2D eigenvalue weighted by Gasteiger charge is 2.12. The summed E-state index contributed by atoms with van der Waals surface area (Å²) in [4.78, 5) is 17.0. The van der Waals surface area contributed by atoms with E-state index in [1.165, 1.54) is 0 Å². The van der Waals surface area contributed by atoms with Crippen molar-refractivity contribution in [1.29, 1.82) is 0 Å².